The Morgan fingerprint density at radius 2 is 1.30 bits per heavy atom. The lowest BCUT2D eigenvalue weighted by Gasteiger charge is -2.21. The van der Waals surface area contributed by atoms with Gasteiger partial charge in [0, 0.05) is 5.56 Å². The molecule has 0 spiro atoms. The quantitative estimate of drug-likeness (QED) is 0.447. The van der Waals surface area contributed by atoms with Gasteiger partial charge in [-0.3, -0.25) is 0 Å². The van der Waals surface area contributed by atoms with E-state index in [2.05, 4.69) is 30.3 Å². The second kappa shape index (κ2) is 8.74. The van der Waals surface area contributed by atoms with Crippen LogP contribution in [0.15, 0.2) is 72.8 Å². The maximum absolute atomic E-state index is 9.86. The van der Waals surface area contributed by atoms with Crippen LogP contribution in [0.25, 0.3) is 32.7 Å². The number of hydrogen-bond acceptors (Lipinski definition) is 4. The van der Waals surface area contributed by atoms with Gasteiger partial charge in [0.25, 0.3) is 0 Å². The summed E-state index contributed by atoms with van der Waals surface area (Å²) < 4.78 is 12.1. The molecule has 0 aliphatic carbocycles. The van der Waals surface area contributed by atoms with E-state index in [0.717, 1.165) is 32.7 Å². The minimum absolute atomic E-state index is 0.140. The van der Waals surface area contributed by atoms with Crippen LogP contribution >= 0.6 is 0 Å². The number of fused-ring (bicyclic) bond motifs is 2. The zero-order valence-corrected chi connectivity index (χ0v) is 17.2. The van der Waals surface area contributed by atoms with Crippen LogP contribution in [-0.4, -0.2) is 35.6 Å². The largest absolute Gasteiger partial charge is 0.487 e. The van der Waals surface area contributed by atoms with Crippen molar-refractivity contribution in [2.24, 2.45) is 0 Å². The molecule has 0 aliphatic rings. The minimum atomic E-state index is -0.624. The average Bonchev–Trinajstić information content (AvgIpc) is 2.75. The molecule has 4 aromatic carbocycles. The summed E-state index contributed by atoms with van der Waals surface area (Å²) in [6.07, 6.45) is -1.23. The van der Waals surface area contributed by atoms with Crippen molar-refractivity contribution < 1.29 is 19.7 Å². The van der Waals surface area contributed by atoms with Gasteiger partial charge >= 0.3 is 0 Å². The van der Waals surface area contributed by atoms with Crippen molar-refractivity contribution in [2.75, 3.05) is 13.2 Å². The Balaban J connectivity index is 2.02. The topological polar surface area (TPSA) is 58.9 Å². The van der Waals surface area contributed by atoms with Gasteiger partial charge in [-0.25, -0.2) is 0 Å². The van der Waals surface area contributed by atoms with Crippen LogP contribution in [0.1, 0.15) is 13.8 Å². The van der Waals surface area contributed by atoms with Gasteiger partial charge in [-0.1, -0.05) is 66.7 Å². The third-order valence-electron chi connectivity index (χ3n) is 4.98. The van der Waals surface area contributed by atoms with E-state index >= 15 is 0 Å². The zero-order valence-electron chi connectivity index (χ0n) is 17.2. The number of hydrogen-bond donors (Lipinski definition) is 2. The average molecular weight is 402 g/mol. The fourth-order valence-electron chi connectivity index (χ4n) is 3.68. The highest BCUT2D eigenvalue weighted by molar-refractivity contribution is 6.08. The normalized spacial score (nSPS) is 13.3. The predicted octanol–water partition coefficient (Wildman–Crippen LogP) is 5.18. The van der Waals surface area contributed by atoms with E-state index in [4.69, 9.17) is 9.47 Å². The van der Waals surface area contributed by atoms with Crippen molar-refractivity contribution in [3.05, 3.63) is 72.8 Å². The van der Waals surface area contributed by atoms with Gasteiger partial charge in [-0.2, -0.15) is 0 Å². The Bertz CT molecular complexity index is 1160. The maximum atomic E-state index is 9.86. The molecule has 4 aromatic rings. The molecule has 0 saturated heterocycles. The first kappa shape index (κ1) is 20.2. The third-order valence-corrected chi connectivity index (χ3v) is 4.98. The molecule has 154 valence electrons. The van der Waals surface area contributed by atoms with Gasteiger partial charge < -0.3 is 19.7 Å². The summed E-state index contributed by atoms with van der Waals surface area (Å²) in [5, 5.41) is 23.9. The number of benzene rings is 4. The van der Waals surface area contributed by atoms with E-state index < -0.39 is 12.2 Å². The molecule has 4 nitrogen and oxygen atoms in total. The molecule has 4 rings (SSSR count). The van der Waals surface area contributed by atoms with Crippen LogP contribution in [0.2, 0.25) is 0 Å². The van der Waals surface area contributed by atoms with Crippen LogP contribution < -0.4 is 9.47 Å². The summed E-state index contributed by atoms with van der Waals surface area (Å²) >= 11 is 0. The molecule has 0 aliphatic heterocycles. The first-order valence-electron chi connectivity index (χ1n) is 10.2. The van der Waals surface area contributed by atoms with Crippen LogP contribution in [-0.2, 0) is 0 Å². The molecule has 4 heteroatoms. The maximum Gasteiger partial charge on any atom is 0.169 e. The smallest absolute Gasteiger partial charge is 0.169 e. The lowest BCUT2D eigenvalue weighted by atomic mass is 9.92. The monoisotopic (exact) mass is 402 g/mol. The lowest BCUT2D eigenvalue weighted by molar-refractivity contribution is 0.108. The summed E-state index contributed by atoms with van der Waals surface area (Å²) in [4.78, 5) is 0. The molecule has 0 bridgehead atoms. The van der Waals surface area contributed by atoms with E-state index in [1.807, 2.05) is 42.5 Å². The fraction of sp³-hybridized carbons (Fsp3) is 0.231. The van der Waals surface area contributed by atoms with Crippen LogP contribution in [0.3, 0.4) is 0 Å². The Hall–Kier alpha value is -3.08. The van der Waals surface area contributed by atoms with Crippen LogP contribution in [0, 0.1) is 0 Å². The number of ether oxygens (including phenoxy) is 2. The van der Waals surface area contributed by atoms with Gasteiger partial charge in [0.15, 0.2) is 11.5 Å². The molecule has 2 unspecified atom stereocenters. The second-order valence-corrected chi connectivity index (χ2v) is 7.65. The number of aliphatic hydroxyl groups is 2. The van der Waals surface area contributed by atoms with E-state index in [9.17, 15) is 10.2 Å². The Labute approximate surface area is 176 Å². The van der Waals surface area contributed by atoms with Gasteiger partial charge in [-0.05, 0) is 47.0 Å². The summed E-state index contributed by atoms with van der Waals surface area (Å²) in [6, 6.07) is 24.5. The Morgan fingerprint density at radius 1 is 0.700 bits per heavy atom. The standard InChI is InChI=1S/C26H26O4/c1-17(27)15-29-24-14-20-9-4-6-12-22(20)25(26(24)30-16-18(2)28)23-13-7-10-19-8-3-5-11-21(19)23/h3-14,17-18,27-28H,15-16H2,1-2H3. The van der Waals surface area contributed by atoms with Crippen molar-refractivity contribution in [3.8, 4) is 22.6 Å². The molecule has 0 amide bonds. The Kier molecular flexibility index (Phi) is 5.88. The van der Waals surface area contributed by atoms with Gasteiger partial charge in [0.05, 0.1) is 12.2 Å². The number of rotatable bonds is 7. The summed E-state index contributed by atoms with van der Waals surface area (Å²) in [5.74, 6) is 1.13. The highest BCUT2D eigenvalue weighted by Gasteiger charge is 2.20. The summed E-state index contributed by atoms with van der Waals surface area (Å²) in [5.41, 5.74) is 1.96. The number of aliphatic hydroxyl groups excluding tert-OH is 2. The van der Waals surface area contributed by atoms with Crippen molar-refractivity contribution in [1.82, 2.24) is 0 Å². The molecule has 0 fully saturated rings. The molecule has 30 heavy (non-hydrogen) atoms. The van der Waals surface area contributed by atoms with Gasteiger partial charge in [-0.15, -0.1) is 0 Å². The van der Waals surface area contributed by atoms with Crippen molar-refractivity contribution >= 4 is 21.5 Å². The van der Waals surface area contributed by atoms with Crippen molar-refractivity contribution in [2.45, 2.75) is 26.1 Å². The molecule has 2 atom stereocenters. The molecule has 0 saturated carbocycles. The molecular formula is C26H26O4. The highest BCUT2D eigenvalue weighted by Crippen LogP contribution is 2.46. The van der Waals surface area contributed by atoms with E-state index in [-0.39, 0.29) is 13.2 Å². The summed E-state index contributed by atoms with van der Waals surface area (Å²) in [7, 11) is 0. The molecular weight excluding hydrogens is 376 g/mol. The van der Waals surface area contributed by atoms with Crippen LogP contribution in [0.5, 0.6) is 11.5 Å². The summed E-state index contributed by atoms with van der Waals surface area (Å²) in [6.45, 7) is 3.66. The fourth-order valence-corrected chi connectivity index (χ4v) is 3.68. The van der Waals surface area contributed by atoms with E-state index in [0.29, 0.717) is 11.5 Å². The van der Waals surface area contributed by atoms with Gasteiger partial charge in [0.2, 0.25) is 0 Å². The third kappa shape index (κ3) is 4.11. The van der Waals surface area contributed by atoms with Crippen molar-refractivity contribution in [1.29, 1.82) is 0 Å². The zero-order chi connectivity index (χ0) is 21.1. The minimum Gasteiger partial charge on any atom is -0.487 e. The van der Waals surface area contributed by atoms with Crippen LogP contribution in [0.4, 0.5) is 0 Å². The lowest BCUT2D eigenvalue weighted by Crippen LogP contribution is -2.16. The first-order valence-corrected chi connectivity index (χ1v) is 10.2. The Morgan fingerprint density at radius 3 is 2.03 bits per heavy atom. The van der Waals surface area contributed by atoms with Crippen molar-refractivity contribution in [3.63, 3.8) is 0 Å². The molecule has 2 N–H and O–H groups in total. The molecule has 0 heterocycles. The van der Waals surface area contributed by atoms with Gasteiger partial charge in [0.1, 0.15) is 13.2 Å². The SMILES string of the molecule is CC(O)COc1cc2ccccc2c(-c2cccc3ccccc23)c1OCC(C)O. The van der Waals surface area contributed by atoms with E-state index in [1.54, 1.807) is 13.8 Å². The first-order chi connectivity index (χ1) is 14.5. The second-order valence-electron chi connectivity index (χ2n) is 7.65. The van der Waals surface area contributed by atoms with E-state index in [1.165, 1.54) is 0 Å². The predicted molar refractivity (Wildman–Crippen MR) is 121 cm³/mol. The molecule has 0 aromatic heterocycles. The molecule has 0 radical (unpaired) electrons. The highest BCUT2D eigenvalue weighted by atomic mass is 16.5.